The molecule has 1 N–H and O–H groups in total. The Morgan fingerprint density at radius 3 is 2.44 bits per heavy atom. The van der Waals surface area contributed by atoms with Crippen LogP contribution in [0.15, 0.2) is 48.5 Å². The molecule has 0 bridgehead atoms. The topological polar surface area (TPSA) is 33.7 Å². The molecule has 1 heterocycles. The first kappa shape index (κ1) is 21.5. The van der Waals surface area contributed by atoms with Crippen molar-refractivity contribution in [2.75, 3.05) is 39.5 Å². The van der Waals surface area contributed by atoms with Crippen LogP contribution in [0.1, 0.15) is 24.1 Å². The highest BCUT2D eigenvalue weighted by molar-refractivity contribution is 5.85. The van der Waals surface area contributed by atoms with Gasteiger partial charge in [0.25, 0.3) is 0 Å². The normalized spacial score (nSPS) is 15.6. The smallest absolute Gasteiger partial charge is 0.161 e. The van der Waals surface area contributed by atoms with E-state index in [0.29, 0.717) is 24.7 Å². The van der Waals surface area contributed by atoms with Gasteiger partial charge >= 0.3 is 0 Å². The summed E-state index contributed by atoms with van der Waals surface area (Å²) < 4.78 is 25.5. The molecule has 4 nitrogen and oxygen atoms in total. The van der Waals surface area contributed by atoms with Gasteiger partial charge in [-0.05, 0) is 30.2 Å². The van der Waals surface area contributed by atoms with Gasteiger partial charge in [0, 0.05) is 26.2 Å². The van der Waals surface area contributed by atoms with Crippen LogP contribution in [0.3, 0.4) is 0 Å². The summed E-state index contributed by atoms with van der Waals surface area (Å²) in [4.78, 5) is 2.19. The third kappa shape index (κ3) is 5.83. The Hall–Kier alpha value is -1.82. The quantitative estimate of drug-likeness (QED) is 0.733. The predicted octanol–water partition coefficient (Wildman–Crippen LogP) is 4.00. The summed E-state index contributed by atoms with van der Waals surface area (Å²) in [6.07, 6.45) is 0. The lowest BCUT2D eigenvalue weighted by atomic mass is 10.0. The van der Waals surface area contributed by atoms with Crippen molar-refractivity contribution in [2.24, 2.45) is 0 Å². The van der Waals surface area contributed by atoms with Crippen molar-refractivity contribution in [3.63, 3.8) is 0 Å². The Morgan fingerprint density at radius 2 is 1.78 bits per heavy atom. The van der Waals surface area contributed by atoms with E-state index in [4.69, 9.17) is 9.47 Å². The highest BCUT2D eigenvalue weighted by Crippen LogP contribution is 2.33. The van der Waals surface area contributed by atoms with Crippen LogP contribution in [0.25, 0.3) is 0 Å². The van der Waals surface area contributed by atoms with Crippen LogP contribution in [-0.4, -0.2) is 44.4 Å². The van der Waals surface area contributed by atoms with E-state index in [9.17, 15) is 4.39 Å². The van der Waals surface area contributed by atoms with Crippen molar-refractivity contribution in [2.45, 2.75) is 19.6 Å². The SMILES string of the molecule is CCOc1cc([C@@H](CF)N2CCNCC2)ccc1OCc1ccccc1.Cl. The average molecular weight is 395 g/mol. The maximum atomic E-state index is 13.8. The molecule has 1 aliphatic rings. The molecule has 0 aromatic heterocycles. The zero-order chi connectivity index (χ0) is 18.2. The van der Waals surface area contributed by atoms with Gasteiger partial charge in [0.2, 0.25) is 0 Å². The molecular formula is C21H28ClFN2O2. The van der Waals surface area contributed by atoms with Crippen LogP contribution < -0.4 is 14.8 Å². The number of rotatable bonds is 8. The van der Waals surface area contributed by atoms with Crippen LogP contribution in [0.2, 0.25) is 0 Å². The second-order valence-electron chi connectivity index (χ2n) is 6.37. The monoisotopic (exact) mass is 394 g/mol. The molecule has 0 spiro atoms. The van der Waals surface area contributed by atoms with Crippen LogP contribution in [0, 0.1) is 0 Å². The molecule has 1 saturated heterocycles. The first-order valence-corrected chi connectivity index (χ1v) is 9.26. The van der Waals surface area contributed by atoms with Crippen LogP contribution in [0.5, 0.6) is 11.5 Å². The highest BCUT2D eigenvalue weighted by Gasteiger charge is 2.23. The van der Waals surface area contributed by atoms with E-state index in [1.54, 1.807) is 0 Å². The van der Waals surface area contributed by atoms with Gasteiger partial charge in [-0.15, -0.1) is 12.4 Å². The van der Waals surface area contributed by atoms with Crippen molar-refractivity contribution in [1.82, 2.24) is 10.2 Å². The Labute approximate surface area is 167 Å². The van der Waals surface area contributed by atoms with Crippen molar-refractivity contribution < 1.29 is 13.9 Å². The molecule has 2 aromatic rings. The number of piperazine rings is 1. The molecule has 1 fully saturated rings. The second-order valence-corrected chi connectivity index (χ2v) is 6.37. The van der Waals surface area contributed by atoms with Gasteiger partial charge in [-0.1, -0.05) is 36.4 Å². The van der Waals surface area contributed by atoms with Crippen molar-refractivity contribution in [3.8, 4) is 11.5 Å². The van der Waals surface area contributed by atoms with Gasteiger partial charge in [-0.2, -0.15) is 0 Å². The second kappa shape index (κ2) is 11.1. The number of alkyl halides is 1. The predicted molar refractivity (Wildman–Crippen MR) is 109 cm³/mol. The summed E-state index contributed by atoms with van der Waals surface area (Å²) in [5.74, 6) is 1.37. The van der Waals surface area contributed by atoms with Gasteiger partial charge in [0.1, 0.15) is 13.3 Å². The number of hydrogen-bond donors (Lipinski definition) is 1. The summed E-state index contributed by atoms with van der Waals surface area (Å²) in [5.41, 5.74) is 2.03. The number of nitrogens with zero attached hydrogens (tertiary/aromatic N) is 1. The molecule has 27 heavy (non-hydrogen) atoms. The molecule has 148 valence electrons. The standard InChI is InChI=1S/C21H27FN2O2.ClH/c1-2-25-21-14-18(19(15-22)24-12-10-23-11-13-24)8-9-20(21)26-16-17-6-4-3-5-7-17;/h3-9,14,19,23H,2,10-13,15-16H2,1H3;1H/t19-;/m1./s1. The molecular weight excluding hydrogens is 367 g/mol. The molecule has 0 aliphatic carbocycles. The van der Waals surface area contributed by atoms with Crippen molar-refractivity contribution in [1.29, 1.82) is 0 Å². The summed E-state index contributed by atoms with van der Waals surface area (Å²) in [5, 5.41) is 3.31. The summed E-state index contributed by atoms with van der Waals surface area (Å²) in [6.45, 7) is 6.05. The Balaban J connectivity index is 0.00000261. The molecule has 1 aliphatic heterocycles. The molecule has 0 amide bonds. The minimum atomic E-state index is -0.407. The van der Waals surface area contributed by atoms with Gasteiger partial charge in [0.15, 0.2) is 11.5 Å². The minimum Gasteiger partial charge on any atom is -0.490 e. The molecule has 0 saturated carbocycles. The van der Waals surface area contributed by atoms with Crippen molar-refractivity contribution in [3.05, 3.63) is 59.7 Å². The summed E-state index contributed by atoms with van der Waals surface area (Å²) in [7, 11) is 0. The number of nitrogens with one attached hydrogen (secondary N) is 1. The zero-order valence-corrected chi connectivity index (χ0v) is 16.5. The first-order valence-electron chi connectivity index (χ1n) is 9.26. The summed E-state index contributed by atoms with van der Waals surface area (Å²) in [6, 6.07) is 15.6. The number of ether oxygens (including phenoxy) is 2. The van der Waals surface area contributed by atoms with E-state index >= 15 is 0 Å². The lowest BCUT2D eigenvalue weighted by molar-refractivity contribution is 0.147. The number of hydrogen-bond acceptors (Lipinski definition) is 4. The fourth-order valence-electron chi connectivity index (χ4n) is 3.25. The van der Waals surface area contributed by atoms with Crippen LogP contribution in [-0.2, 0) is 6.61 Å². The third-order valence-corrected chi connectivity index (χ3v) is 4.63. The molecule has 3 rings (SSSR count). The zero-order valence-electron chi connectivity index (χ0n) is 15.7. The maximum Gasteiger partial charge on any atom is 0.161 e. The highest BCUT2D eigenvalue weighted by atomic mass is 35.5. The minimum absolute atomic E-state index is 0. The lowest BCUT2D eigenvalue weighted by Gasteiger charge is -2.33. The Bertz CT molecular complexity index is 681. The number of halogens is 2. The average Bonchev–Trinajstić information content (AvgIpc) is 2.70. The molecule has 1 atom stereocenters. The summed E-state index contributed by atoms with van der Waals surface area (Å²) >= 11 is 0. The number of benzene rings is 2. The van der Waals surface area contributed by atoms with E-state index in [2.05, 4.69) is 10.2 Å². The fourth-order valence-corrected chi connectivity index (χ4v) is 3.25. The lowest BCUT2D eigenvalue weighted by Crippen LogP contribution is -2.45. The van der Waals surface area contributed by atoms with Gasteiger partial charge in [-0.25, -0.2) is 4.39 Å². The Kier molecular flexibility index (Phi) is 8.85. The van der Waals surface area contributed by atoms with E-state index in [1.165, 1.54) is 0 Å². The first-order chi connectivity index (χ1) is 12.8. The van der Waals surface area contributed by atoms with E-state index < -0.39 is 6.67 Å². The van der Waals surface area contributed by atoms with Crippen molar-refractivity contribution >= 4 is 12.4 Å². The molecule has 0 radical (unpaired) electrons. The van der Waals surface area contributed by atoms with Crippen LogP contribution >= 0.6 is 12.4 Å². The van der Waals surface area contributed by atoms with E-state index in [1.807, 2.05) is 55.5 Å². The molecule has 2 aromatic carbocycles. The van der Waals surface area contributed by atoms with E-state index in [0.717, 1.165) is 37.3 Å². The Morgan fingerprint density at radius 1 is 1.04 bits per heavy atom. The largest absolute Gasteiger partial charge is 0.490 e. The van der Waals surface area contributed by atoms with Crippen LogP contribution in [0.4, 0.5) is 4.39 Å². The van der Waals surface area contributed by atoms with E-state index in [-0.39, 0.29) is 18.4 Å². The van der Waals surface area contributed by atoms with Gasteiger partial charge in [-0.3, -0.25) is 4.90 Å². The van der Waals surface area contributed by atoms with Gasteiger partial charge < -0.3 is 14.8 Å². The third-order valence-electron chi connectivity index (χ3n) is 4.63. The fraction of sp³-hybridized carbons (Fsp3) is 0.429. The molecule has 0 unspecified atom stereocenters. The molecule has 6 heteroatoms. The van der Waals surface area contributed by atoms with Gasteiger partial charge in [0.05, 0.1) is 12.6 Å². The maximum absolute atomic E-state index is 13.8.